The molecule has 4 aliphatic heterocycles. The van der Waals surface area contributed by atoms with Crippen LogP contribution in [0.2, 0.25) is 0 Å². The maximum atomic E-state index is 13.7. The van der Waals surface area contributed by atoms with Crippen molar-refractivity contribution in [3.05, 3.63) is 82.5 Å². The molecule has 5 aliphatic rings. The molecule has 1 aromatic heterocycles. The first-order valence-corrected chi connectivity index (χ1v) is 21.1. The summed E-state index contributed by atoms with van der Waals surface area (Å²) >= 11 is 5.66. The van der Waals surface area contributed by atoms with Gasteiger partial charge in [-0.05, 0) is 106 Å². The highest BCUT2D eigenvalue weighted by atomic mass is 32.1. The first-order chi connectivity index (χ1) is 29.5. The van der Waals surface area contributed by atoms with Crippen LogP contribution < -0.4 is 19.9 Å². The highest BCUT2D eigenvalue weighted by molar-refractivity contribution is 7.80. The predicted octanol–water partition coefficient (Wildman–Crippen LogP) is 5.43. The predicted molar refractivity (Wildman–Crippen MR) is 223 cm³/mol. The fourth-order valence-corrected chi connectivity index (χ4v) is 9.55. The Morgan fingerprint density at radius 2 is 1.71 bits per heavy atom. The van der Waals surface area contributed by atoms with Crippen LogP contribution in [0, 0.1) is 17.2 Å². The fourth-order valence-electron chi connectivity index (χ4n) is 9.07. The normalized spacial score (nSPS) is 22.9. The van der Waals surface area contributed by atoms with Gasteiger partial charge in [-0.2, -0.15) is 18.4 Å². The number of carbonyl (C=O) groups is 5. The Bertz CT molecular complexity index is 2390. The number of imide groups is 2. The van der Waals surface area contributed by atoms with Crippen LogP contribution in [0.5, 0.6) is 5.75 Å². The number of hydrogen-bond acceptors (Lipinski definition) is 11. The molecule has 14 nitrogen and oxygen atoms in total. The number of halogens is 3. The van der Waals surface area contributed by atoms with Gasteiger partial charge in [0, 0.05) is 57.7 Å². The Hall–Kier alpha value is -5.93. The number of hydrogen-bond donors (Lipinski definition) is 1. The van der Waals surface area contributed by atoms with E-state index >= 15 is 0 Å². The van der Waals surface area contributed by atoms with E-state index in [0.29, 0.717) is 17.7 Å². The van der Waals surface area contributed by atoms with Gasteiger partial charge in [0.05, 0.1) is 34.0 Å². The van der Waals surface area contributed by atoms with Gasteiger partial charge in [0.15, 0.2) is 5.11 Å². The van der Waals surface area contributed by atoms with Gasteiger partial charge in [0.1, 0.15) is 29.3 Å². The number of piperidine rings is 2. The zero-order valence-corrected chi connectivity index (χ0v) is 35.2. The van der Waals surface area contributed by atoms with Crippen LogP contribution >= 0.6 is 12.2 Å². The van der Waals surface area contributed by atoms with Crippen molar-refractivity contribution in [2.24, 2.45) is 5.92 Å². The molecule has 0 radical (unpaired) electrons. The SMILES string of the molecule is CCN(CC1CCN(c2ccc(CN3C(=S)N(c4ccc(C#N)c(C(F)(F)F)c4)C(=O)C3(C)C)cn2)CC1)[C@H]1C[C@H](Oc2ccc3c(c2)C(=O)N(C2CCC(=O)NC2=O)C3=O)C1. The van der Waals surface area contributed by atoms with Gasteiger partial charge in [0.25, 0.3) is 17.7 Å². The fraction of sp³-hybridized carbons (Fsp3) is 0.455. The smallest absolute Gasteiger partial charge is 0.417 e. The number of benzene rings is 2. The number of amides is 5. The van der Waals surface area contributed by atoms with E-state index in [0.717, 1.165) is 85.2 Å². The molecule has 62 heavy (non-hydrogen) atoms. The molecule has 3 aromatic rings. The lowest BCUT2D eigenvalue weighted by molar-refractivity contribution is -0.138. The van der Waals surface area contributed by atoms with Gasteiger partial charge in [-0.25, -0.2) is 4.98 Å². The zero-order chi connectivity index (χ0) is 44.2. The standard InChI is InChI=1S/C44H45F3N8O6S/c1-4-51(29-17-31(18-29)61-30-8-9-32-33(20-30)40(59)55(39(32)58)35-10-12-37(56)50-38(35)57)23-25-13-15-52(16-14-25)36-11-5-26(22-49-36)24-53-42(62)54(41(60)43(53,2)3)28-7-6-27(21-48)34(19-28)44(45,46)47/h5-9,11,19-20,22,25,29,31,35H,4,10,12-18,23-24H2,1-3H3,(H,50,56,57)/t29-,31-,35?. The number of nitriles is 1. The number of nitrogens with zero attached hydrogens (tertiary/aromatic N) is 7. The van der Waals surface area contributed by atoms with Crippen molar-refractivity contribution in [1.82, 2.24) is 25.0 Å². The van der Waals surface area contributed by atoms with Crippen LogP contribution in [-0.4, -0.2) is 104 Å². The molecule has 1 N–H and O–H groups in total. The van der Waals surface area contributed by atoms with Gasteiger partial charge < -0.3 is 19.4 Å². The van der Waals surface area contributed by atoms with Gasteiger partial charge in [-0.1, -0.05) is 13.0 Å². The molecule has 0 spiro atoms. The lowest BCUT2D eigenvalue weighted by Crippen LogP contribution is -2.54. The third-order valence-electron chi connectivity index (χ3n) is 12.8. The summed E-state index contributed by atoms with van der Waals surface area (Å²) in [5, 5.41) is 11.5. The molecule has 4 fully saturated rings. The van der Waals surface area contributed by atoms with Crippen molar-refractivity contribution >= 4 is 58.4 Å². The number of ether oxygens (including phenoxy) is 1. The van der Waals surface area contributed by atoms with Crippen molar-refractivity contribution in [1.29, 1.82) is 5.26 Å². The summed E-state index contributed by atoms with van der Waals surface area (Å²) in [6.07, 6.45) is 0.702. The second-order valence-corrected chi connectivity index (χ2v) is 17.3. The van der Waals surface area contributed by atoms with E-state index in [1.807, 2.05) is 12.1 Å². The summed E-state index contributed by atoms with van der Waals surface area (Å²) < 4.78 is 47.4. The van der Waals surface area contributed by atoms with Crippen LogP contribution in [0.25, 0.3) is 0 Å². The molecular weight excluding hydrogens is 826 g/mol. The molecule has 3 saturated heterocycles. The number of anilines is 2. The molecule has 8 rings (SSSR count). The molecule has 2 aromatic carbocycles. The molecule has 1 unspecified atom stereocenters. The Labute approximate surface area is 361 Å². The van der Waals surface area contributed by atoms with Crippen molar-refractivity contribution in [2.75, 3.05) is 36.0 Å². The number of thiocarbonyl (C=S) groups is 1. The third-order valence-corrected chi connectivity index (χ3v) is 13.2. The summed E-state index contributed by atoms with van der Waals surface area (Å²) in [6.45, 7) is 9.24. The summed E-state index contributed by atoms with van der Waals surface area (Å²) in [5.41, 5.74) is -1.69. The highest BCUT2D eigenvalue weighted by Gasteiger charge is 2.50. The van der Waals surface area contributed by atoms with E-state index in [4.69, 9.17) is 21.9 Å². The van der Waals surface area contributed by atoms with E-state index in [9.17, 15) is 42.4 Å². The lowest BCUT2D eigenvalue weighted by atomic mass is 9.86. The van der Waals surface area contributed by atoms with Crippen LogP contribution in [0.4, 0.5) is 24.7 Å². The van der Waals surface area contributed by atoms with E-state index in [-0.39, 0.29) is 47.4 Å². The third kappa shape index (κ3) is 7.87. The second kappa shape index (κ2) is 16.4. The van der Waals surface area contributed by atoms with E-state index in [1.54, 1.807) is 49.2 Å². The molecular formula is C44H45F3N8O6S. The van der Waals surface area contributed by atoms with Gasteiger partial charge in [0.2, 0.25) is 11.8 Å². The number of rotatable bonds is 11. The van der Waals surface area contributed by atoms with Gasteiger partial charge >= 0.3 is 6.18 Å². The largest absolute Gasteiger partial charge is 0.490 e. The number of nitrogens with one attached hydrogen (secondary N) is 1. The molecule has 324 valence electrons. The van der Waals surface area contributed by atoms with Crippen molar-refractivity contribution in [3.63, 3.8) is 0 Å². The summed E-state index contributed by atoms with van der Waals surface area (Å²) in [6, 6.07) is 12.7. The van der Waals surface area contributed by atoms with Crippen LogP contribution in [0.15, 0.2) is 54.7 Å². The molecule has 5 amide bonds. The Kier molecular flexibility index (Phi) is 11.3. The minimum absolute atomic E-state index is 0.0398. The van der Waals surface area contributed by atoms with Gasteiger partial charge in [-0.15, -0.1) is 0 Å². The van der Waals surface area contributed by atoms with Crippen molar-refractivity contribution in [2.45, 2.75) is 95.7 Å². The van der Waals surface area contributed by atoms with Crippen LogP contribution in [0.1, 0.15) is 96.7 Å². The van der Waals surface area contributed by atoms with Crippen LogP contribution in [-0.2, 0) is 27.1 Å². The number of fused-ring (bicyclic) bond motifs is 1. The molecule has 5 heterocycles. The average Bonchev–Trinajstić information content (AvgIpc) is 3.57. The minimum Gasteiger partial charge on any atom is -0.490 e. The molecule has 0 bridgehead atoms. The number of carbonyl (C=O) groups excluding carboxylic acids is 5. The number of aromatic nitrogens is 1. The van der Waals surface area contributed by atoms with Crippen molar-refractivity contribution in [3.8, 4) is 11.8 Å². The number of alkyl halides is 3. The Morgan fingerprint density at radius 3 is 2.35 bits per heavy atom. The quantitative estimate of drug-likeness (QED) is 0.193. The first kappa shape index (κ1) is 42.7. The first-order valence-electron chi connectivity index (χ1n) is 20.7. The summed E-state index contributed by atoms with van der Waals surface area (Å²) in [5.74, 6) is -0.838. The minimum atomic E-state index is -4.78. The lowest BCUT2D eigenvalue weighted by Gasteiger charge is -2.44. The maximum absolute atomic E-state index is 13.7. The summed E-state index contributed by atoms with van der Waals surface area (Å²) in [7, 11) is 0. The Balaban J connectivity index is 0.811. The second-order valence-electron chi connectivity index (χ2n) is 17.0. The summed E-state index contributed by atoms with van der Waals surface area (Å²) in [4.78, 5) is 77.1. The molecule has 18 heteroatoms. The maximum Gasteiger partial charge on any atom is 0.417 e. The molecule has 1 atom stereocenters. The zero-order valence-electron chi connectivity index (χ0n) is 34.4. The van der Waals surface area contributed by atoms with E-state index < -0.39 is 58.4 Å². The Morgan fingerprint density at radius 1 is 0.984 bits per heavy atom. The van der Waals surface area contributed by atoms with Crippen LogP contribution in [0.3, 0.4) is 0 Å². The van der Waals surface area contributed by atoms with Gasteiger partial charge in [-0.3, -0.25) is 39.1 Å². The topological polar surface area (TPSA) is 159 Å². The van der Waals surface area contributed by atoms with E-state index in [2.05, 4.69) is 22.0 Å². The van der Waals surface area contributed by atoms with E-state index in [1.165, 1.54) is 6.07 Å². The van der Waals surface area contributed by atoms with Crippen molar-refractivity contribution < 1.29 is 41.9 Å². The average molecular weight is 871 g/mol. The number of pyridine rings is 1. The molecule has 1 saturated carbocycles. The monoisotopic (exact) mass is 870 g/mol. The molecule has 1 aliphatic carbocycles. The highest BCUT2D eigenvalue weighted by Crippen LogP contribution is 2.39.